The van der Waals surface area contributed by atoms with E-state index in [2.05, 4.69) is 20.5 Å². The average molecular weight is 362 g/mol. The molecule has 3 heterocycles. The molecule has 0 fully saturated rings. The fourth-order valence-electron chi connectivity index (χ4n) is 2.82. The van der Waals surface area contributed by atoms with E-state index in [0.717, 1.165) is 5.56 Å². The maximum atomic E-state index is 12.6. The van der Waals surface area contributed by atoms with E-state index in [1.165, 1.54) is 4.68 Å². The molecule has 0 unspecified atom stereocenters. The molecule has 0 spiro atoms. The zero-order chi connectivity index (χ0) is 18.8. The maximum Gasteiger partial charge on any atom is 0.273 e. The van der Waals surface area contributed by atoms with Crippen molar-refractivity contribution in [3.8, 4) is 11.4 Å². The highest BCUT2D eigenvalue weighted by Crippen LogP contribution is 2.18. The molecule has 8 nitrogen and oxygen atoms in total. The predicted molar refractivity (Wildman–Crippen MR) is 100 cm³/mol. The molecule has 4 rings (SSSR count). The number of benzene rings is 1. The third-order valence-electron chi connectivity index (χ3n) is 4.08. The van der Waals surface area contributed by atoms with Gasteiger partial charge in [-0.15, -0.1) is 5.10 Å². The number of nitrogens with zero attached hydrogens (tertiary/aromatic N) is 5. The second-order valence-electron chi connectivity index (χ2n) is 6.05. The highest BCUT2D eigenvalue weighted by atomic mass is 16.5. The molecule has 1 amide bonds. The van der Waals surface area contributed by atoms with Gasteiger partial charge in [-0.2, -0.15) is 5.10 Å². The van der Waals surface area contributed by atoms with Gasteiger partial charge in [-0.1, -0.05) is 30.3 Å². The second kappa shape index (κ2) is 7.00. The Kier molecular flexibility index (Phi) is 4.39. The van der Waals surface area contributed by atoms with E-state index in [1.54, 1.807) is 43.1 Å². The first-order valence-corrected chi connectivity index (χ1v) is 8.39. The molecular weight excluding hydrogens is 344 g/mol. The van der Waals surface area contributed by atoms with Crippen LogP contribution in [-0.4, -0.2) is 37.4 Å². The van der Waals surface area contributed by atoms with Crippen LogP contribution in [0.25, 0.3) is 17.0 Å². The van der Waals surface area contributed by atoms with Crippen molar-refractivity contribution >= 4 is 17.2 Å². The number of amides is 1. The van der Waals surface area contributed by atoms with E-state index in [1.807, 2.05) is 30.3 Å². The van der Waals surface area contributed by atoms with E-state index >= 15 is 0 Å². The monoisotopic (exact) mass is 362 g/mol. The molecule has 0 aliphatic carbocycles. The Labute approximate surface area is 155 Å². The van der Waals surface area contributed by atoms with E-state index < -0.39 is 0 Å². The number of carbonyl (C=O) groups is 1. The van der Waals surface area contributed by atoms with Gasteiger partial charge in [-0.05, 0) is 12.1 Å². The van der Waals surface area contributed by atoms with E-state index in [-0.39, 0.29) is 5.91 Å². The van der Waals surface area contributed by atoms with Crippen LogP contribution in [0.15, 0.2) is 54.7 Å². The van der Waals surface area contributed by atoms with E-state index in [9.17, 15) is 4.79 Å². The Morgan fingerprint density at radius 3 is 2.74 bits per heavy atom. The Hall–Kier alpha value is -3.52. The number of fused-ring (bicyclic) bond motifs is 1. The molecule has 1 aromatic carbocycles. The third kappa shape index (κ3) is 3.42. The molecule has 3 aromatic heterocycles. The Morgan fingerprint density at radius 2 is 1.96 bits per heavy atom. The number of aryl methyl sites for hydroxylation is 1. The lowest BCUT2D eigenvalue weighted by Gasteiger charge is -2.05. The molecular formula is C19H18N6O2. The van der Waals surface area contributed by atoms with Crippen LogP contribution < -0.4 is 5.32 Å². The van der Waals surface area contributed by atoms with Crippen molar-refractivity contribution in [1.29, 1.82) is 0 Å². The fourth-order valence-corrected chi connectivity index (χ4v) is 2.82. The lowest BCUT2D eigenvalue weighted by Crippen LogP contribution is -2.16. The van der Waals surface area contributed by atoms with Gasteiger partial charge in [-0.25, -0.2) is 9.50 Å². The van der Waals surface area contributed by atoms with Crippen LogP contribution in [0.4, 0.5) is 5.69 Å². The Morgan fingerprint density at radius 1 is 1.15 bits per heavy atom. The number of pyridine rings is 1. The molecule has 0 atom stereocenters. The Bertz CT molecular complexity index is 1100. The van der Waals surface area contributed by atoms with Gasteiger partial charge in [0, 0.05) is 37.7 Å². The van der Waals surface area contributed by atoms with Crippen LogP contribution in [0.1, 0.15) is 16.2 Å². The molecule has 4 aromatic rings. The standard InChI is InChI=1S/C19H18N6O2/c1-24-16(10-15(22-24)12-27-2)19(26)20-14-8-9-25-17(11-14)21-18(23-25)13-6-4-3-5-7-13/h3-11H,12H2,1-2H3,(H,20,26). The SMILES string of the molecule is COCc1cc(C(=O)Nc2ccn3nc(-c4ccccc4)nc3c2)n(C)n1. The van der Waals surface area contributed by atoms with Crippen LogP contribution in [-0.2, 0) is 18.4 Å². The maximum absolute atomic E-state index is 12.6. The molecule has 0 saturated carbocycles. The van der Waals surface area contributed by atoms with Gasteiger partial charge in [0.1, 0.15) is 5.69 Å². The van der Waals surface area contributed by atoms with Crippen molar-refractivity contribution in [2.75, 3.05) is 12.4 Å². The Balaban J connectivity index is 1.58. The summed E-state index contributed by atoms with van der Waals surface area (Å²) in [6.07, 6.45) is 1.77. The summed E-state index contributed by atoms with van der Waals surface area (Å²) in [5.41, 5.74) is 3.37. The molecule has 0 radical (unpaired) electrons. The van der Waals surface area contributed by atoms with Gasteiger partial charge >= 0.3 is 0 Å². The lowest BCUT2D eigenvalue weighted by molar-refractivity contribution is 0.101. The molecule has 1 N–H and O–H groups in total. The minimum atomic E-state index is -0.250. The van der Waals surface area contributed by atoms with Crippen molar-refractivity contribution in [2.45, 2.75) is 6.61 Å². The third-order valence-corrected chi connectivity index (χ3v) is 4.08. The number of hydrogen-bond acceptors (Lipinski definition) is 5. The van der Waals surface area contributed by atoms with Crippen molar-refractivity contribution in [1.82, 2.24) is 24.4 Å². The second-order valence-corrected chi connectivity index (χ2v) is 6.05. The number of methoxy groups -OCH3 is 1. The summed E-state index contributed by atoms with van der Waals surface area (Å²) < 4.78 is 8.27. The summed E-state index contributed by atoms with van der Waals surface area (Å²) in [7, 11) is 3.31. The summed E-state index contributed by atoms with van der Waals surface area (Å²) in [4.78, 5) is 17.1. The summed E-state index contributed by atoms with van der Waals surface area (Å²) >= 11 is 0. The molecule has 0 saturated heterocycles. The van der Waals surface area contributed by atoms with Gasteiger partial charge in [0.25, 0.3) is 5.91 Å². The highest BCUT2D eigenvalue weighted by molar-refractivity contribution is 6.03. The minimum Gasteiger partial charge on any atom is -0.378 e. The van der Waals surface area contributed by atoms with Crippen LogP contribution in [0, 0.1) is 0 Å². The number of ether oxygens (including phenoxy) is 1. The summed E-state index contributed by atoms with van der Waals surface area (Å²) in [5.74, 6) is 0.384. The molecule has 27 heavy (non-hydrogen) atoms. The first-order valence-electron chi connectivity index (χ1n) is 8.39. The van der Waals surface area contributed by atoms with Gasteiger partial charge in [0.2, 0.25) is 0 Å². The summed E-state index contributed by atoms with van der Waals surface area (Å²) in [5, 5.41) is 11.6. The predicted octanol–water partition coefficient (Wildman–Crippen LogP) is 2.53. The van der Waals surface area contributed by atoms with Crippen molar-refractivity contribution in [3.05, 3.63) is 66.1 Å². The first-order chi connectivity index (χ1) is 13.1. The fraction of sp³-hybridized carbons (Fsp3) is 0.158. The number of carbonyl (C=O) groups excluding carboxylic acids is 1. The van der Waals surface area contributed by atoms with Crippen LogP contribution >= 0.6 is 0 Å². The summed E-state index contributed by atoms with van der Waals surface area (Å²) in [6, 6.07) is 15.0. The van der Waals surface area contributed by atoms with Crippen molar-refractivity contribution in [3.63, 3.8) is 0 Å². The van der Waals surface area contributed by atoms with E-state index in [0.29, 0.717) is 35.2 Å². The van der Waals surface area contributed by atoms with E-state index in [4.69, 9.17) is 4.74 Å². The highest BCUT2D eigenvalue weighted by Gasteiger charge is 2.14. The smallest absolute Gasteiger partial charge is 0.273 e. The number of nitrogens with one attached hydrogen (secondary N) is 1. The van der Waals surface area contributed by atoms with Gasteiger partial charge in [0.15, 0.2) is 11.5 Å². The zero-order valence-corrected chi connectivity index (χ0v) is 15.0. The van der Waals surface area contributed by atoms with Crippen molar-refractivity contribution in [2.24, 2.45) is 7.05 Å². The number of aromatic nitrogens is 5. The number of anilines is 1. The van der Waals surface area contributed by atoms with Gasteiger partial charge < -0.3 is 10.1 Å². The molecule has 0 aliphatic heterocycles. The topological polar surface area (TPSA) is 86.3 Å². The van der Waals surface area contributed by atoms with Crippen LogP contribution in [0.2, 0.25) is 0 Å². The normalized spacial score (nSPS) is 11.0. The van der Waals surface area contributed by atoms with Crippen LogP contribution in [0.3, 0.4) is 0 Å². The van der Waals surface area contributed by atoms with Gasteiger partial charge in [0.05, 0.1) is 12.3 Å². The largest absolute Gasteiger partial charge is 0.378 e. The quantitative estimate of drug-likeness (QED) is 0.590. The van der Waals surface area contributed by atoms with Gasteiger partial charge in [-0.3, -0.25) is 9.48 Å². The molecule has 0 aliphatic rings. The lowest BCUT2D eigenvalue weighted by atomic mass is 10.2. The number of rotatable bonds is 5. The first kappa shape index (κ1) is 16.9. The van der Waals surface area contributed by atoms with Crippen LogP contribution in [0.5, 0.6) is 0 Å². The molecule has 8 heteroatoms. The molecule has 0 bridgehead atoms. The summed E-state index contributed by atoms with van der Waals surface area (Å²) in [6.45, 7) is 0.356. The minimum absolute atomic E-state index is 0.250. The molecule has 136 valence electrons. The zero-order valence-electron chi connectivity index (χ0n) is 15.0. The number of hydrogen-bond donors (Lipinski definition) is 1. The van der Waals surface area contributed by atoms with Crippen molar-refractivity contribution < 1.29 is 9.53 Å². The average Bonchev–Trinajstić information content (AvgIpc) is 3.26.